The number of H-pyrrole nitrogens is 1. The van der Waals surface area contributed by atoms with Crippen molar-refractivity contribution >= 4 is 11.4 Å². The number of amides is 1. The van der Waals surface area contributed by atoms with Crippen LogP contribution < -0.4 is 0 Å². The Labute approximate surface area is 202 Å². The third-order valence-corrected chi connectivity index (χ3v) is 5.90. The minimum absolute atomic E-state index is 0.0586. The van der Waals surface area contributed by atoms with Gasteiger partial charge in [0.2, 0.25) is 0 Å². The lowest BCUT2D eigenvalue weighted by Crippen LogP contribution is -2.41. The van der Waals surface area contributed by atoms with Gasteiger partial charge in [0.15, 0.2) is 0 Å². The number of nitrogens with one attached hydrogen (secondary N) is 1. The number of rotatable bonds is 4. The zero-order chi connectivity index (χ0) is 25.9. The van der Waals surface area contributed by atoms with Crippen LogP contribution in [-0.2, 0) is 12.6 Å². The van der Waals surface area contributed by atoms with E-state index in [2.05, 4.69) is 30.4 Å². The Kier molecular flexibility index (Phi) is 5.06. The van der Waals surface area contributed by atoms with Crippen molar-refractivity contribution in [3.05, 3.63) is 71.5 Å². The third kappa shape index (κ3) is 3.80. The molecule has 37 heavy (non-hydrogen) atoms. The molecule has 0 saturated carbocycles. The zero-order valence-electron chi connectivity index (χ0n) is 18.4. The van der Waals surface area contributed by atoms with E-state index in [1.54, 1.807) is 0 Å². The van der Waals surface area contributed by atoms with E-state index in [1.807, 2.05) is 0 Å². The fourth-order valence-corrected chi connectivity index (χ4v) is 4.27. The minimum atomic E-state index is -4.65. The van der Waals surface area contributed by atoms with Crippen molar-refractivity contribution in [1.29, 1.82) is 0 Å². The van der Waals surface area contributed by atoms with Crippen LogP contribution in [0.15, 0.2) is 47.3 Å². The molecule has 0 aliphatic carbocycles. The van der Waals surface area contributed by atoms with Crippen molar-refractivity contribution in [3.63, 3.8) is 0 Å². The lowest BCUT2D eigenvalue weighted by atomic mass is 9.99. The second kappa shape index (κ2) is 8.21. The molecule has 6 rings (SSSR count). The van der Waals surface area contributed by atoms with Crippen LogP contribution in [0.25, 0.3) is 17.1 Å². The lowest BCUT2D eigenvalue weighted by Gasteiger charge is -2.32. The van der Waals surface area contributed by atoms with E-state index in [0.29, 0.717) is 22.5 Å². The molecule has 1 atom stereocenters. The second-order valence-corrected chi connectivity index (χ2v) is 8.10. The lowest BCUT2D eigenvalue weighted by molar-refractivity contribution is -0.142. The van der Waals surface area contributed by atoms with Crippen molar-refractivity contribution in [2.75, 3.05) is 6.54 Å². The van der Waals surface area contributed by atoms with Crippen molar-refractivity contribution in [2.24, 2.45) is 0 Å². The van der Waals surface area contributed by atoms with Gasteiger partial charge < -0.3 is 14.3 Å². The average Bonchev–Trinajstić information content (AvgIpc) is 3.66. The number of carbonyl (C=O) groups is 1. The summed E-state index contributed by atoms with van der Waals surface area (Å²) in [4.78, 5) is 22.0. The van der Waals surface area contributed by atoms with Crippen LogP contribution in [0, 0.1) is 0 Å². The first-order chi connectivity index (χ1) is 17.7. The Morgan fingerprint density at radius 3 is 2.76 bits per heavy atom. The van der Waals surface area contributed by atoms with E-state index >= 15 is 0 Å². The number of halogens is 5. The highest BCUT2D eigenvalue weighted by Crippen LogP contribution is 2.36. The molecule has 1 aliphatic heterocycles. The zero-order valence-corrected chi connectivity index (χ0v) is 18.4. The first-order valence-corrected chi connectivity index (χ1v) is 10.8. The molecule has 0 radical (unpaired) electrons. The highest BCUT2D eigenvalue weighted by atomic mass is 19.4. The highest BCUT2D eigenvalue weighted by molar-refractivity contribution is 5.90. The minimum Gasteiger partial charge on any atom is -0.411 e. The topological polar surface area (TPSA) is 123 Å². The first kappa shape index (κ1) is 22.8. The Morgan fingerprint density at radius 2 is 2.00 bits per heavy atom. The number of hydrogen-bond donors (Lipinski definition) is 1. The molecule has 0 unspecified atom stereocenters. The number of carbonyl (C=O) groups excluding carboxylic acids is 1. The Morgan fingerprint density at radius 1 is 1.16 bits per heavy atom. The number of alkyl halides is 5. The molecular formula is C21H14F5N9O2. The molecule has 5 aromatic heterocycles. The van der Waals surface area contributed by atoms with Gasteiger partial charge in [-0.25, -0.2) is 14.2 Å². The third-order valence-electron chi connectivity index (χ3n) is 5.90. The van der Waals surface area contributed by atoms with Crippen LogP contribution in [-0.4, -0.2) is 56.9 Å². The van der Waals surface area contributed by atoms with Gasteiger partial charge in [-0.1, -0.05) is 6.07 Å². The van der Waals surface area contributed by atoms with Gasteiger partial charge in [0.05, 0.1) is 23.2 Å². The second-order valence-electron chi connectivity index (χ2n) is 8.10. The summed E-state index contributed by atoms with van der Waals surface area (Å²) in [5.74, 6) is -1.44. The predicted octanol–water partition coefficient (Wildman–Crippen LogP) is 3.51. The number of hydrogen-bond acceptors (Lipinski definition) is 7. The Balaban J connectivity index is 1.39. The highest BCUT2D eigenvalue weighted by Gasteiger charge is 2.39. The molecule has 1 N–H and O–H groups in total. The van der Waals surface area contributed by atoms with Crippen molar-refractivity contribution in [2.45, 2.75) is 25.2 Å². The molecule has 16 heteroatoms. The summed E-state index contributed by atoms with van der Waals surface area (Å²) in [6, 6.07) is 5.35. The molecule has 5 aromatic rings. The molecule has 0 spiro atoms. The smallest absolute Gasteiger partial charge is 0.411 e. The molecule has 6 heterocycles. The quantitative estimate of drug-likeness (QED) is 0.361. The molecule has 0 aromatic carbocycles. The first-order valence-electron chi connectivity index (χ1n) is 10.8. The summed E-state index contributed by atoms with van der Waals surface area (Å²) in [6.07, 6.45) is -1.84. The van der Waals surface area contributed by atoms with Gasteiger partial charge in [-0.3, -0.25) is 4.79 Å². The maximum atomic E-state index is 13.6. The summed E-state index contributed by atoms with van der Waals surface area (Å²) in [5, 5.41) is 15.3. The average molecular weight is 519 g/mol. The normalized spacial score (nSPS) is 16.1. The number of imidazole rings is 1. The van der Waals surface area contributed by atoms with Crippen LogP contribution in [0.5, 0.6) is 0 Å². The molecule has 1 amide bonds. The Hall–Kier alpha value is -4.63. The number of nitrogens with zero attached hydrogens (tertiary/aromatic N) is 8. The van der Waals surface area contributed by atoms with E-state index < -0.39 is 36.3 Å². The van der Waals surface area contributed by atoms with Crippen LogP contribution in [0.3, 0.4) is 0 Å². The van der Waals surface area contributed by atoms with Crippen LogP contribution in [0.2, 0.25) is 0 Å². The van der Waals surface area contributed by atoms with Gasteiger partial charge in [0.25, 0.3) is 5.89 Å². The van der Waals surface area contributed by atoms with E-state index in [4.69, 9.17) is 4.42 Å². The van der Waals surface area contributed by atoms with Gasteiger partial charge in [0, 0.05) is 24.9 Å². The number of aromatic amines is 1. The van der Waals surface area contributed by atoms with Crippen LogP contribution >= 0.6 is 0 Å². The van der Waals surface area contributed by atoms with Crippen LogP contribution in [0.1, 0.15) is 46.1 Å². The van der Waals surface area contributed by atoms with Crippen molar-refractivity contribution in [3.8, 4) is 11.6 Å². The number of fused-ring (bicyclic) bond motifs is 2. The number of aromatic nitrogens is 8. The van der Waals surface area contributed by atoms with Gasteiger partial charge in [0.1, 0.15) is 17.4 Å². The monoisotopic (exact) mass is 519 g/mol. The van der Waals surface area contributed by atoms with Crippen LogP contribution in [0.4, 0.5) is 22.0 Å². The van der Waals surface area contributed by atoms with Gasteiger partial charge in [-0.2, -0.15) is 32.1 Å². The summed E-state index contributed by atoms with van der Waals surface area (Å²) in [6.45, 7) is -2.74. The van der Waals surface area contributed by atoms with E-state index in [0.717, 1.165) is 16.8 Å². The number of pyridine rings is 1. The maximum Gasteiger partial charge on any atom is 0.433 e. The molecule has 0 saturated heterocycles. The molecular weight excluding hydrogens is 505 g/mol. The fourth-order valence-electron chi connectivity index (χ4n) is 4.27. The predicted molar refractivity (Wildman–Crippen MR) is 112 cm³/mol. The van der Waals surface area contributed by atoms with Gasteiger partial charge in [-0.15, -0.1) is 10.2 Å². The molecule has 1 aliphatic rings. The summed E-state index contributed by atoms with van der Waals surface area (Å²) in [5.41, 5.74) is 0.398. The molecule has 11 nitrogen and oxygen atoms in total. The van der Waals surface area contributed by atoms with E-state index in [-0.39, 0.29) is 29.3 Å². The van der Waals surface area contributed by atoms with Gasteiger partial charge >= 0.3 is 24.5 Å². The molecule has 0 bridgehead atoms. The summed E-state index contributed by atoms with van der Waals surface area (Å²) >= 11 is 0. The maximum absolute atomic E-state index is 13.6. The Bertz CT molecular complexity index is 1620. The van der Waals surface area contributed by atoms with E-state index in [9.17, 15) is 26.7 Å². The largest absolute Gasteiger partial charge is 0.433 e. The molecule has 0 fully saturated rings. The summed E-state index contributed by atoms with van der Waals surface area (Å²) in [7, 11) is 0. The summed E-state index contributed by atoms with van der Waals surface area (Å²) < 4.78 is 72.9. The molecule has 190 valence electrons. The van der Waals surface area contributed by atoms with Gasteiger partial charge in [-0.05, 0) is 24.3 Å². The van der Waals surface area contributed by atoms with Crippen molar-refractivity contribution < 1.29 is 31.2 Å². The SMILES string of the molecule is O=C(c1nnc(-c2ccn(C(F)F)n2)o1)N1CCc2[nH]cnc2[C@@H]1c1cc2cccc(C(F)(F)F)n2n1. The standard InChI is InChI=1S/C21H14F5N9O2/c22-20(23)34-7-5-12(31-34)17-29-30-18(37-17)19(36)33-6-4-11-15(28-9-27-11)16(33)13-8-10-2-1-3-14(21(24,25)26)35(10)32-13/h1-3,5,7-9,16,20H,4,6H2,(H,27,28)/t16-/m0/s1. The fraction of sp³-hybridized carbons (Fsp3) is 0.238. The van der Waals surface area contributed by atoms with E-state index in [1.165, 1.54) is 35.5 Å². The van der Waals surface area contributed by atoms with Crippen molar-refractivity contribution in [1.82, 2.24) is 44.5 Å².